The maximum atomic E-state index is 16.2. The molecule has 3 nitrogen and oxygen atoms in total. The van der Waals surface area contributed by atoms with Gasteiger partial charge >= 0.3 is 5.97 Å². The van der Waals surface area contributed by atoms with Crippen molar-refractivity contribution in [2.75, 3.05) is 0 Å². The second kappa shape index (κ2) is 10.5. The second-order valence-electron chi connectivity index (χ2n) is 13.9. The Balaban J connectivity index is 1.34. The van der Waals surface area contributed by atoms with Gasteiger partial charge in [0.15, 0.2) is 5.78 Å². The molecule has 0 aliphatic heterocycles. The average molecular weight is 523 g/mol. The zero-order chi connectivity index (χ0) is 27.2. The summed E-state index contributed by atoms with van der Waals surface area (Å²) in [7, 11) is 0. The molecule has 0 heterocycles. The van der Waals surface area contributed by atoms with Crippen molar-refractivity contribution in [3.8, 4) is 0 Å². The first-order chi connectivity index (χ1) is 18.0. The highest BCUT2D eigenvalue weighted by Crippen LogP contribution is 2.65. The summed E-state index contributed by atoms with van der Waals surface area (Å²) in [6, 6.07) is 9.13. The zero-order valence-electron chi connectivity index (χ0n) is 24.1. The van der Waals surface area contributed by atoms with Gasteiger partial charge in [-0.1, -0.05) is 72.1 Å². The van der Waals surface area contributed by atoms with Crippen molar-refractivity contribution in [1.82, 2.24) is 0 Å². The third kappa shape index (κ3) is 4.79. The molecule has 0 N–H and O–H groups in total. The number of rotatable bonds is 7. The lowest BCUT2D eigenvalue weighted by Gasteiger charge is -2.57. The van der Waals surface area contributed by atoms with Gasteiger partial charge in [-0.15, -0.1) is 0 Å². The summed E-state index contributed by atoms with van der Waals surface area (Å²) < 4.78 is 22.1. The summed E-state index contributed by atoms with van der Waals surface area (Å²) in [6.45, 7) is 11.5. The van der Waals surface area contributed by atoms with Crippen LogP contribution in [0.3, 0.4) is 0 Å². The summed E-state index contributed by atoms with van der Waals surface area (Å²) in [5, 5.41) is 0. The van der Waals surface area contributed by atoms with Gasteiger partial charge in [0.05, 0.1) is 5.56 Å². The Bertz CT molecular complexity index is 1080. The minimum Gasteiger partial charge on any atom is -0.459 e. The molecule has 3 fully saturated rings. The minimum absolute atomic E-state index is 0.0385. The van der Waals surface area contributed by atoms with E-state index < -0.39 is 6.17 Å². The van der Waals surface area contributed by atoms with Gasteiger partial charge < -0.3 is 4.74 Å². The van der Waals surface area contributed by atoms with Crippen LogP contribution in [-0.2, 0) is 9.53 Å². The lowest BCUT2D eigenvalue weighted by atomic mass is 9.48. The summed E-state index contributed by atoms with van der Waals surface area (Å²) in [5.74, 6) is 1.76. The number of hydrogen-bond acceptors (Lipinski definition) is 3. The highest BCUT2D eigenvalue weighted by Gasteiger charge is 2.60. The predicted octanol–water partition coefficient (Wildman–Crippen LogP) is 8.52. The molecule has 0 bridgehead atoms. The number of ketones is 1. The number of carbonyl (C=O) groups is 2. The molecule has 4 aliphatic rings. The lowest BCUT2D eigenvalue weighted by Crippen LogP contribution is -2.52. The largest absolute Gasteiger partial charge is 0.459 e. The number of carbonyl (C=O) groups excluding carboxylic acids is 2. The van der Waals surface area contributed by atoms with Crippen LogP contribution in [0, 0.1) is 40.4 Å². The number of halogens is 1. The van der Waals surface area contributed by atoms with Gasteiger partial charge in [-0.2, -0.15) is 0 Å². The fourth-order valence-corrected chi connectivity index (χ4v) is 9.03. The van der Waals surface area contributed by atoms with E-state index in [9.17, 15) is 9.59 Å². The highest BCUT2D eigenvalue weighted by atomic mass is 19.1. The van der Waals surface area contributed by atoms with Crippen LogP contribution in [0.25, 0.3) is 0 Å². The maximum absolute atomic E-state index is 16.2. The first-order valence-corrected chi connectivity index (χ1v) is 15.2. The average Bonchev–Trinajstić information content (AvgIpc) is 3.15. The lowest BCUT2D eigenvalue weighted by molar-refractivity contribution is -0.115. The van der Waals surface area contributed by atoms with Gasteiger partial charge in [-0.25, -0.2) is 9.18 Å². The molecule has 5 rings (SSSR count). The summed E-state index contributed by atoms with van der Waals surface area (Å²) in [4.78, 5) is 26.3. The molecule has 5 unspecified atom stereocenters. The van der Waals surface area contributed by atoms with Crippen LogP contribution < -0.4 is 0 Å². The number of benzene rings is 1. The van der Waals surface area contributed by atoms with Gasteiger partial charge in [0.2, 0.25) is 0 Å². The molecular formula is C34H47FO3. The van der Waals surface area contributed by atoms with E-state index in [2.05, 4.69) is 34.6 Å². The molecule has 38 heavy (non-hydrogen) atoms. The molecule has 0 spiro atoms. The van der Waals surface area contributed by atoms with E-state index in [1.165, 1.54) is 12.8 Å². The van der Waals surface area contributed by atoms with Crippen LogP contribution in [-0.4, -0.2) is 24.0 Å². The number of alkyl halides is 1. The molecule has 8 atom stereocenters. The third-order valence-electron chi connectivity index (χ3n) is 11.2. The Kier molecular flexibility index (Phi) is 7.66. The minimum atomic E-state index is -1.06. The Labute approximate surface area is 229 Å². The van der Waals surface area contributed by atoms with Gasteiger partial charge in [0.1, 0.15) is 12.3 Å². The maximum Gasteiger partial charge on any atom is 0.338 e. The Morgan fingerprint density at radius 3 is 2.50 bits per heavy atom. The van der Waals surface area contributed by atoms with Gasteiger partial charge in [-0.05, 0) is 96.7 Å². The van der Waals surface area contributed by atoms with Crippen LogP contribution in [0.5, 0.6) is 0 Å². The highest BCUT2D eigenvalue weighted by molar-refractivity contribution is 6.01. The second-order valence-corrected chi connectivity index (χ2v) is 13.9. The SMILES string of the molecule is CC(C)CCC[C@@H](C)C1CC(=O)C2=C3C(CCC21C)C1(C)CCC(OC(=O)c2ccccc2)C[C@@H]1C[C@H]3F. The van der Waals surface area contributed by atoms with Crippen molar-refractivity contribution >= 4 is 11.8 Å². The fraction of sp³-hybridized carbons (Fsp3) is 0.706. The zero-order valence-corrected chi connectivity index (χ0v) is 24.1. The van der Waals surface area contributed by atoms with Crippen molar-refractivity contribution in [2.24, 2.45) is 40.4 Å². The van der Waals surface area contributed by atoms with E-state index in [4.69, 9.17) is 4.74 Å². The van der Waals surface area contributed by atoms with E-state index >= 15 is 4.39 Å². The number of allylic oxidation sites excluding steroid dienone is 2. The molecule has 0 saturated heterocycles. The van der Waals surface area contributed by atoms with Crippen LogP contribution >= 0.6 is 0 Å². The number of Topliss-reactive ketones (excluding diaryl/α,β-unsaturated/α-hetero) is 1. The fourth-order valence-electron chi connectivity index (χ4n) is 9.03. The summed E-state index contributed by atoms with van der Waals surface area (Å²) in [5.41, 5.74) is 2.11. The Morgan fingerprint density at radius 2 is 1.79 bits per heavy atom. The predicted molar refractivity (Wildman–Crippen MR) is 149 cm³/mol. The van der Waals surface area contributed by atoms with Crippen molar-refractivity contribution in [1.29, 1.82) is 0 Å². The molecule has 0 aromatic heterocycles. The molecule has 4 heteroatoms. The van der Waals surface area contributed by atoms with Crippen LogP contribution in [0.4, 0.5) is 4.39 Å². The number of hydrogen-bond donors (Lipinski definition) is 0. The molecule has 0 amide bonds. The van der Waals surface area contributed by atoms with E-state index in [-0.39, 0.29) is 40.5 Å². The van der Waals surface area contributed by atoms with E-state index in [1.807, 2.05) is 18.2 Å². The first kappa shape index (κ1) is 27.6. The molecule has 1 aromatic rings. The Morgan fingerprint density at radius 1 is 1.05 bits per heavy atom. The van der Waals surface area contributed by atoms with Crippen molar-refractivity contribution < 1.29 is 18.7 Å². The van der Waals surface area contributed by atoms with Gasteiger partial charge in [0, 0.05) is 12.0 Å². The van der Waals surface area contributed by atoms with Crippen molar-refractivity contribution in [3.05, 3.63) is 47.0 Å². The van der Waals surface area contributed by atoms with Crippen molar-refractivity contribution in [3.63, 3.8) is 0 Å². The summed E-state index contributed by atoms with van der Waals surface area (Å²) >= 11 is 0. The quantitative estimate of drug-likeness (QED) is 0.337. The van der Waals surface area contributed by atoms with E-state index in [0.29, 0.717) is 36.2 Å². The van der Waals surface area contributed by atoms with Crippen LogP contribution in [0.2, 0.25) is 0 Å². The molecule has 0 radical (unpaired) electrons. The monoisotopic (exact) mass is 522 g/mol. The molecule has 208 valence electrons. The van der Waals surface area contributed by atoms with Crippen molar-refractivity contribution in [2.45, 2.75) is 111 Å². The number of esters is 1. The Hall–Kier alpha value is -1.97. The van der Waals surface area contributed by atoms with Gasteiger partial charge in [-0.3, -0.25) is 4.79 Å². The molecule has 3 saturated carbocycles. The molecule has 1 aromatic carbocycles. The topological polar surface area (TPSA) is 43.4 Å². The number of fused-ring (bicyclic) bond motifs is 4. The molecule has 4 aliphatic carbocycles. The van der Waals surface area contributed by atoms with Crippen LogP contribution in [0.1, 0.15) is 109 Å². The molecular weight excluding hydrogens is 475 g/mol. The number of ether oxygens (including phenoxy) is 1. The standard InChI is InChI=1S/C34H47FO3/c1-21(2)10-9-11-22(3)27-20-29(36)31-30-26(15-17-34(27,31)5)33(4)16-14-25(18-24(33)19-28(30)35)38-32(37)23-12-7-6-8-13-23/h6-8,12-13,21-22,24-28H,9-11,14-20H2,1-5H3/t22-,24-,25?,26?,27?,28-,33?,34?/m1/s1. The smallest absolute Gasteiger partial charge is 0.338 e. The van der Waals surface area contributed by atoms with E-state index in [0.717, 1.165) is 49.7 Å². The van der Waals surface area contributed by atoms with Crippen LogP contribution in [0.15, 0.2) is 41.5 Å². The van der Waals surface area contributed by atoms with Gasteiger partial charge in [0.25, 0.3) is 0 Å². The normalized spacial score (nSPS) is 37.4. The van der Waals surface area contributed by atoms with E-state index in [1.54, 1.807) is 12.1 Å². The third-order valence-corrected chi connectivity index (χ3v) is 11.2. The summed E-state index contributed by atoms with van der Waals surface area (Å²) in [6.07, 6.45) is 7.80. The first-order valence-electron chi connectivity index (χ1n) is 15.2.